The van der Waals surface area contributed by atoms with Gasteiger partial charge in [0.1, 0.15) is 0 Å². The number of rotatable bonds is 3. The van der Waals surface area contributed by atoms with Crippen molar-refractivity contribution in [2.75, 3.05) is 18.1 Å². The van der Waals surface area contributed by atoms with E-state index in [1.54, 1.807) is 13.8 Å². The lowest BCUT2D eigenvalue weighted by atomic mass is 9.96. The van der Waals surface area contributed by atoms with Crippen LogP contribution in [-0.4, -0.2) is 46.4 Å². The molecule has 1 saturated heterocycles. The molecule has 2 aliphatic heterocycles. The predicted molar refractivity (Wildman–Crippen MR) is 91.9 cm³/mol. The second-order valence-corrected chi connectivity index (χ2v) is 7.07. The van der Waals surface area contributed by atoms with Crippen molar-refractivity contribution in [2.45, 2.75) is 51.7 Å². The van der Waals surface area contributed by atoms with E-state index in [2.05, 4.69) is 5.10 Å². The van der Waals surface area contributed by atoms with Gasteiger partial charge < -0.3 is 10.0 Å². The quantitative estimate of drug-likeness (QED) is 0.933. The van der Waals surface area contributed by atoms with Crippen molar-refractivity contribution in [1.82, 2.24) is 4.90 Å². The van der Waals surface area contributed by atoms with Gasteiger partial charge in [-0.05, 0) is 57.9 Å². The van der Waals surface area contributed by atoms with Crippen molar-refractivity contribution < 1.29 is 9.90 Å². The molecule has 3 rings (SSSR count). The van der Waals surface area contributed by atoms with Crippen molar-refractivity contribution in [3.8, 4) is 0 Å². The summed E-state index contributed by atoms with van der Waals surface area (Å²) >= 11 is 0. The molecule has 1 N–H and O–H groups in total. The standard InChI is InChI=1S/C18H25N3O2/c1-13-10-12-21(19-13)15-8-6-14(7-9-15)17(22)20-11-4-5-16(20)18(2,3)23/h6-9,16,23H,4-5,10-12H2,1-3H3. The molecule has 0 aromatic heterocycles. The minimum absolute atomic E-state index is 0.00211. The van der Waals surface area contributed by atoms with E-state index in [1.165, 1.54) is 0 Å². The average Bonchev–Trinajstić information content (AvgIpc) is 3.15. The van der Waals surface area contributed by atoms with Gasteiger partial charge in [-0.1, -0.05) is 0 Å². The predicted octanol–water partition coefficient (Wildman–Crippen LogP) is 2.65. The van der Waals surface area contributed by atoms with Crippen LogP contribution in [0.3, 0.4) is 0 Å². The molecule has 0 aliphatic carbocycles. The lowest BCUT2D eigenvalue weighted by Crippen LogP contribution is -2.48. The van der Waals surface area contributed by atoms with Gasteiger partial charge in [0.05, 0.1) is 17.3 Å². The molecule has 1 fully saturated rings. The van der Waals surface area contributed by atoms with Crippen LogP contribution >= 0.6 is 0 Å². The summed E-state index contributed by atoms with van der Waals surface area (Å²) < 4.78 is 0. The van der Waals surface area contributed by atoms with Gasteiger partial charge in [0, 0.05) is 30.8 Å². The van der Waals surface area contributed by atoms with Crippen LogP contribution in [0.1, 0.15) is 50.4 Å². The highest BCUT2D eigenvalue weighted by Gasteiger charge is 2.38. The van der Waals surface area contributed by atoms with Crippen LogP contribution in [0.5, 0.6) is 0 Å². The number of anilines is 1. The van der Waals surface area contributed by atoms with Crippen LogP contribution < -0.4 is 5.01 Å². The minimum Gasteiger partial charge on any atom is -0.388 e. The summed E-state index contributed by atoms with van der Waals surface area (Å²) in [6.45, 7) is 7.19. The number of hydrazone groups is 1. The third kappa shape index (κ3) is 3.24. The molecule has 0 saturated carbocycles. The van der Waals surface area contributed by atoms with Gasteiger partial charge in [-0.3, -0.25) is 9.80 Å². The molecule has 124 valence electrons. The van der Waals surface area contributed by atoms with E-state index < -0.39 is 5.60 Å². The summed E-state index contributed by atoms with van der Waals surface area (Å²) in [4.78, 5) is 14.6. The highest BCUT2D eigenvalue weighted by Crippen LogP contribution is 2.29. The number of nitrogens with zero attached hydrogens (tertiary/aromatic N) is 3. The molecular weight excluding hydrogens is 290 g/mol. The maximum atomic E-state index is 12.8. The van der Waals surface area contributed by atoms with Crippen molar-refractivity contribution >= 4 is 17.3 Å². The molecule has 0 bridgehead atoms. The van der Waals surface area contributed by atoms with Gasteiger partial charge in [-0.15, -0.1) is 0 Å². The van der Waals surface area contributed by atoms with Gasteiger partial charge in [0.15, 0.2) is 0 Å². The minimum atomic E-state index is -0.867. The molecule has 5 nitrogen and oxygen atoms in total. The Morgan fingerprint density at radius 3 is 2.52 bits per heavy atom. The lowest BCUT2D eigenvalue weighted by Gasteiger charge is -2.33. The summed E-state index contributed by atoms with van der Waals surface area (Å²) in [7, 11) is 0. The van der Waals surface area contributed by atoms with Gasteiger partial charge in [0.25, 0.3) is 5.91 Å². The molecule has 1 aromatic carbocycles. The van der Waals surface area contributed by atoms with Crippen molar-refractivity contribution in [2.24, 2.45) is 5.10 Å². The van der Waals surface area contributed by atoms with E-state index in [0.717, 1.165) is 37.2 Å². The Hall–Kier alpha value is -1.88. The van der Waals surface area contributed by atoms with Crippen LogP contribution in [0, 0.1) is 0 Å². The smallest absolute Gasteiger partial charge is 0.254 e. The maximum absolute atomic E-state index is 12.8. The summed E-state index contributed by atoms with van der Waals surface area (Å²) in [6, 6.07) is 7.51. The largest absolute Gasteiger partial charge is 0.388 e. The summed E-state index contributed by atoms with van der Waals surface area (Å²) in [5.74, 6) is 0.00211. The Balaban J connectivity index is 1.75. The van der Waals surface area contributed by atoms with Gasteiger partial charge in [-0.25, -0.2) is 0 Å². The third-order valence-corrected chi connectivity index (χ3v) is 4.72. The molecule has 2 aliphatic rings. The monoisotopic (exact) mass is 315 g/mol. The van der Waals surface area contributed by atoms with Crippen LogP contribution in [0.2, 0.25) is 0 Å². The zero-order valence-corrected chi connectivity index (χ0v) is 14.1. The fraction of sp³-hybridized carbons (Fsp3) is 0.556. The average molecular weight is 315 g/mol. The van der Waals surface area contributed by atoms with Crippen LogP contribution in [0.4, 0.5) is 5.69 Å². The number of hydrogen-bond acceptors (Lipinski definition) is 4. The molecule has 23 heavy (non-hydrogen) atoms. The van der Waals surface area contributed by atoms with Crippen LogP contribution in [0.25, 0.3) is 0 Å². The number of hydrogen-bond donors (Lipinski definition) is 1. The summed E-state index contributed by atoms with van der Waals surface area (Å²) in [5.41, 5.74) is 1.95. The first-order valence-corrected chi connectivity index (χ1v) is 8.31. The fourth-order valence-corrected chi connectivity index (χ4v) is 3.45. The van der Waals surface area contributed by atoms with E-state index in [9.17, 15) is 9.90 Å². The topological polar surface area (TPSA) is 56.1 Å². The van der Waals surface area contributed by atoms with E-state index in [-0.39, 0.29) is 11.9 Å². The molecule has 1 unspecified atom stereocenters. The molecule has 5 heteroatoms. The van der Waals surface area contributed by atoms with Crippen molar-refractivity contribution in [1.29, 1.82) is 0 Å². The fourth-order valence-electron chi connectivity index (χ4n) is 3.45. The van der Waals surface area contributed by atoms with E-state index >= 15 is 0 Å². The highest BCUT2D eigenvalue weighted by molar-refractivity contribution is 5.95. The second kappa shape index (κ2) is 5.96. The Kier molecular flexibility index (Phi) is 4.15. The number of carbonyl (C=O) groups is 1. The number of likely N-dealkylation sites (tertiary alicyclic amines) is 1. The molecule has 1 atom stereocenters. The Morgan fingerprint density at radius 2 is 1.96 bits per heavy atom. The molecule has 1 amide bonds. The first-order chi connectivity index (χ1) is 10.9. The Morgan fingerprint density at radius 1 is 1.26 bits per heavy atom. The van der Waals surface area contributed by atoms with Crippen molar-refractivity contribution in [3.63, 3.8) is 0 Å². The molecule has 0 radical (unpaired) electrons. The van der Waals surface area contributed by atoms with Crippen LogP contribution in [0.15, 0.2) is 29.4 Å². The van der Waals surface area contributed by atoms with E-state index in [4.69, 9.17) is 0 Å². The van der Waals surface area contributed by atoms with Gasteiger partial charge >= 0.3 is 0 Å². The first-order valence-electron chi connectivity index (χ1n) is 8.31. The lowest BCUT2D eigenvalue weighted by molar-refractivity contribution is 0.000337. The first kappa shape index (κ1) is 16.0. The highest BCUT2D eigenvalue weighted by atomic mass is 16.3. The molecule has 1 aromatic rings. The number of carbonyl (C=O) groups excluding carboxylic acids is 1. The Bertz CT molecular complexity index is 616. The number of benzene rings is 1. The summed E-state index contributed by atoms with van der Waals surface area (Å²) in [5, 5.41) is 16.7. The zero-order valence-electron chi connectivity index (χ0n) is 14.1. The zero-order chi connectivity index (χ0) is 16.6. The molecule has 0 spiro atoms. The van der Waals surface area contributed by atoms with E-state index in [0.29, 0.717) is 12.1 Å². The second-order valence-electron chi connectivity index (χ2n) is 7.07. The number of aliphatic hydroxyl groups is 1. The van der Waals surface area contributed by atoms with E-state index in [1.807, 2.05) is 41.1 Å². The Labute approximate surface area is 137 Å². The number of amides is 1. The van der Waals surface area contributed by atoms with Crippen molar-refractivity contribution in [3.05, 3.63) is 29.8 Å². The van der Waals surface area contributed by atoms with Gasteiger partial charge in [-0.2, -0.15) is 5.10 Å². The molecule has 2 heterocycles. The SMILES string of the molecule is CC1=NN(c2ccc(C(=O)N3CCCC3C(C)(C)O)cc2)CC1. The maximum Gasteiger partial charge on any atom is 0.254 e. The van der Waals surface area contributed by atoms with Gasteiger partial charge in [0.2, 0.25) is 0 Å². The third-order valence-electron chi connectivity index (χ3n) is 4.72. The normalized spacial score (nSPS) is 21.7. The molecular formula is C18H25N3O2. The summed E-state index contributed by atoms with van der Waals surface area (Å²) in [6.07, 6.45) is 2.79. The van der Waals surface area contributed by atoms with Crippen LogP contribution in [-0.2, 0) is 0 Å².